The molecule has 0 atom stereocenters. The normalized spacial score (nSPS) is 10.6. The molecule has 0 spiro atoms. The van der Waals surface area contributed by atoms with Crippen molar-refractivity contribution >= 4 is 24.5 Å². The average molecular weight is 292 g/mol. The molecule has 0 amide bonds. The SMILES string of the molecule is Cc1cccc(NP(c2ccccc2)c2ccccc2)n1. The van der Waals surface area contributed by atoms with Gasteiger partial charge in [0.05, 0.1) is 8.07 Å². The van der Waals surface area contributed by atoms with Gasteiger partial charge in [0.25, 0.3) is 0 Å². The molecule has 0 aliphatic heterocycles. The lowest BCUT2D eigenvalue weighted by Crippen LogP contribution is -2.17. The van der Waals surface area contributed by atoms with Crippen LogP contribution in [0.2, 0.25) is 0 Å². The largest absolute Gasteiger partial charge is 0.342 e. The highest BCUT2D eigenvalue weighted by Gasteiger charge is 2.14. The average Bonchev–Trinajstić information content (AvgIpc) is 2.54. The second-order valence-corrected chi connectivity index (χ2v) is 6.71. The topological polar surface area (TPSA) is 24.9 Å². The van der Waals surface area contributed by atoms with Gasteiger partial charge >= 0.3 is 0 Å². The standard InChI is InChI=1S/C18H17N2P/c1-15-9-8-14-18(19-15)20-21(16-10-4-2-5-11-16)17-12-6-3-7-13-17/h2-14H,1H3,(H,19,20). The van der Waals surface area contributed by atoms with Gasteiger partial charge < -0.3 is 5.09 Å². The van der Waals surface area contributed by atoms with Gasteiger partial charge in [-0.25, -0.2) is 4.98 Å². The molecule has 0 saturated heterocycles. The minimum atomic E-state index is -0.652. The van der Waals surface area contributed by atoms with Crippen LogP contribution in [0.5, 0.6) is 0 Å². The van der Waals surface area contributed by atoms with Crippen LogP contribution < -0.4 is 15.7 Å². The van der Waals surface area contributed by atoms with Gasteiger partial charge in [-0.3, -0.25) is 0 Å². The molecule has 0 saturated carbocycles. The van der Waals surface area contributed by atoms with E-state index in [9.17, 15) is 0 Å². The van der Waals surface area contributed by atoms with Crippen LogP contribution in [0.25, 0.3) is 0 Å². The summed E-state index contributed by atoms with van der Waals surface area (Å²) in [5.41, 5.74) is 1.02. The molecule has 1 heterocycles. The van der Waals surface area contributed by atoms with Crippen molar-refractivity contribution in [3.05, 3.63) is 84.6 Å². The molecule has 0 aliphatic rings. The summed E-state index contributed by atoms with van der Waals surface area (Å²) >= 11 is 0. The van der Waals surface area contributed by atoms with E-state index in [0.29, 0.717) is 0 Å². The Kier molecular flexibility index (Phi) is 4.28. The van der Waals surface area contributed by atoms with Crippen molar-refractivity contribution < 1.29 is 0 Å². The molecule has 0 aliphatic carbocycles. The minimum absolute atomic E-state index is 0.652. The number of benzene rings is 2. The third-order valence-electron chi connectivity index (χ3n) is 3.14. The van der Waals surface area contributed by atoms with Crippen molar-refractivity contribution in [1.82, 2.24) is 4.98 Å². The van der Waals surface area contributed by atoms with E-state index in [2.05, 4.69) is 58.6 Å². The Bertz CT molecular complexity index is 659. The van der Waals surface area contributed by atoms with E-state index in [4.69, 9.17) is 0 Å². The van der Waals surface area contributed by atoms with Gasteiger partial charge in [0.1, 0.15) is 5.82 Å². The fraction of sp³-hybridized carbons (Fsp3) is 0.0556. The summed E-state index contributed by atoms with van der Waals surface area (Å²) in [6.45, 7) is 2.01. The maximum Gasteiger partial charge on any atom is 0.129 e. The maximum atomic E-state index is 4.57. The van der Waals surface area contributed by atoms with Crippen LogP contribution >= 0.6 is 8.07 Å². The third-order valence-corrected chi connectivity index (χ3v) is 5.23. The number of rotatable bonds is 4. The van der Waals surface area contributed by atoms with Crippen LogP contribution in [-0.4, -0.2) is 4.98 Å². The van der Waals surface area contributed by atoms with E-state index in [1.165, 1.54) is 10.6 Å². The summed E-state index contributed by atoms with van der Waals surface area (Å²) in [4.78, 5) is 4.57. The predicted molar refractivity (Wildman–Crippen MR) is 91.7 cm³/mol. The number of hydrogen-bond donors (Lipinski definition) is 1. The molecule has 3 rings (SSSR count). The second-order valence-electron chi connectivity index (χ2n) is 4.78. The van der Waals surface area contributed by atoms with Crippen LogP contribution in [0.15, 0.2) is 78.9 Å². The summed E-state index contributed by atoms with van der Waals surface area (Å²) < 4.78 is 0. The van der Waals surface area contributed by atoms with Crippen molar-refractivity contribution in [3.63, 3.8) is 0 Å². The molecule has 104 valence electrons. The smallest absolute Gasteiger partial charge is 0.129 e. The van der Waals surface area contributed by atoms with Crippen LogP contribution in [0.3, 0.4) is 0 Å². The second kappa shape index (κ2) is 6.51. The molecule has 3 aromatic rings. The fourth-order valence-corrected chi connectivity index (χ4v) is 4.00. The zero-order valence-corrected chi connectivity index (χ0v) is 12.8. The summed E-state index contributed by atoms with van der Waals surface area (Å²) in [6, 6.07) is 27.2. The van der Waals surface area contributed by atoms with Gasteiger partial charge in [0, 0.05) is 16.3 Å². The van der Waals surface area contributed by atoms with E-state index in [1.54, 1.807) is 0 Å². The predicted octanol–water partition coefficient (Wildman–Crippen LogP) is 3.85. The monoisotopic (exact) mass is 292 g/mol. The summed E-state index contributed by atoms with van der Waals surface area (Å²) in [5, 5.41) is 6.19. The molecular formula is C18H17N2P. The van der Waals surface area contributed by atoms with Crippen molar-refractivity contribution in [2.24, 2.45) is 0 Å². The Morgan fingerprint density at radius 1 is 0.714 bits per heavy atom. The van der Waals surface area contributed by atoms with E-state index >= 15 is 0 Å². The Morgan fingerprint density at radius 3 is 1.81 bits per heavy atom. The number of nitrogens with zero attached hydrogens (tertiary/aromatic N) is 1. The van der Waals surface area contributed by atoms with Crippen molar-refractivity contribution in [2.45, 2.75) is 6.92 Å². The van der Waals surface area contributed by atoms with Crippen LogP contribution in [0.1, 0.15) is 5.69 Å². The Morgan fingerprint density at radius 2 is 1.29 bits per heavy atom. The number of nitrogens with one attached hydrogen (secondary N) is 1. The molecule has 0 fully saturated rings. The van der Waals surface area contributed by atoms with Crippen LogP contribution in [0, 0.1) is 6.92 Å². The van der Waals surface area contributed by atoms with Crippen LogP contribution in [0.4, 0.5) is 5.82 Å². The highest BCUT2D eigenvalue weighted by Crippen LogP contribution is 2.33. The summed E-state index contributed by atoms with van der Waals surface area (Å²) in [6.07, 6.45) is 0. The first-order valence-corrected chi connectivity index (χ1v) is 8.28. The van der Waals surface area contributed by atoms with Crippen molar-refractivity contribution in [3.8, 4) is 0 Å². The Balaban J connectivity index is 1.97. The lowest BCUT2D eigenvalue weighted by Gasteiger charge is -2.20. The number of pyridine rings is 1. The lowest BCUT2D eigenvalue weighted by atomic mass is 10.4. The first-order chi connectivity index (χ1) is 10.3. The molecule has 0 unspecified atom stereocenters. The molecule has 0 radical (unpaired) electrons. The zero-order valence-electron chi connectivity index (χ0n) is 11.9. The molecule has 3 heteroatoms. The van der Waals surface area contributed by atoms with Crippen molar-refractivity contribution in [2.75, 3.05) is 5.09 Å². The molecule has 2 nitrogen and oxygen atoms in total. The molecule has 0 bridgehead atoms. The number of anilines is 1. The van der Waals surface area contributed by atoms with E-state index < -0.39 is 8.07 Å². The zero-order chi connectivity index (χ0) is 14.5. The molecular weight excluding hydrogens is 275 g/mol. The van der Waals surface area contributed by atoms with E-state index in [1.807, 2.05) is 37.3 Å². The summed E-state index contributed by atoms with van der Waals surface area (Å²) in [7, 11) is -0.652. The first kappa shape index (κ1) is 13.8. The number of hydrogen-bond acceptors (Lipinski definition) is 2. The first-order valence-electron chi connectivity index (χ1n) is 6.93. The van der Waals surface area contributed by atoms with Gasteiger partial charge in [-0.1, -0.05) is 66.7 Å². The molecule has 21 heavy (non-hydrogen) atoms. The van der Waals surface area contributed by atoms with Gasteiger partial charge in [-0.2, -0.15) is 0 Å². The quantitative estimate of drug-likeness (QED) is 0.739. The van der Waals surface area contributed by atoms with Gasteiger partial charge in [0.15, 0.2) is 0 Å². The Hall–Kier alpha value is -2.18. The van der Waals surface area contributed by atoms with Gasteiger partial charge in [0.2, 0.25) is 0 Å². The molecule has 1 N–H and O–H groups in total. The summed E-state index contributed by atoms with van der Waals surface area (Å²) in [5.74, 6) is 0.925. The van der Waals surface area contributed by atoms with Gasteiger partial charge in [-0.15, -0.1) is 0 Å². The van der Waals surface area contributed by atoms with E-state index in [0.717, 1.165) is 11.5 Å². The maximum absolute atomic E-state index is 4.57. The fourth-order valence-electron chi connectivity index (χ4n) is 2.15. The van der Waals surface area contributed by atoms with Crippen LogP contribution in [-0.2, 0) is 0 Å². The highest BCUT2D eigenvalue weighted by atomic mass is 31.1. The highest BCUT2D eigenvalue weighted by molar-refractivity contribution is 7.74. The van der Waals surface area contributed by atoms with E-state index in [-0.39, 0.29) is 0 Å². The molecule has 2 aromatic carbocycles. The van der Waals surface area contributed by atoms with Crippen molar-refractivity contribution in [1.29, 1.82) is 0 Å². The lowest BCUT2D eigenvalue weighted by molar-refractivity contribution is 1.21. The Labute approximate surface area is 126 Å². The number of aromatic nitrogens is 1. The van der Waals surface area contributed by atoms with Gasteiger partial charge in [-0.05, 0) is 19.1 Å². The minimum Gasteiger partial charge on any atom is -0.342 e. The molecule has 1 aromatic heterocycles. The third kappa shape index (κ3) is 3.48. The number of aryl methyl sites for hydroxylation is 1.